The first-order valence-electron chi connectivity index (χ1n) is 7.92. The summed E-state index contributed by atoms with van der Waals surface area (Å²) in [5.74, 6) is -0.0436. The Bertz CT molecular complexity index is 851. The van der Waals surface area contributed by atoms with Crippen LogP contribution in [0.25, 0.3) is 6.08 Å². The van der Waals surface area contributed by atoms with Crippen LogP contribution in [0.3, 0.4) is 0 Å². The van der Waals surface area contributed by atoms with Gasteiger partial charge in [-0.1, -0.05) is 30.3 Å². The van der Waals surface area contributed by atoms with Crippen molar-refractivity contribution >= 4 is 17.9 Å². The molecule has 0 saturated carbocycles. The lowest BCUT2D eigenvalue weighted by Gasteiger charge is -2.14. The third kappa shape index (κ3) is 4.71. The summed E-state index contributed by atoms with van der Waals surface area (Å²) < 4.78 is 5.23. The second kappa shape index (κ2) is 9.04. The van der Waals surface area contributed by atoms with Crippen LogP contribution in [-0.2, 0) is 4.79 Å². The lowest BCUT2D eigenvalue weighted by molar-refractivity contribution is -0.116. The summed E-state index contributed by atoms with van der Waals surface area (Å²) in [5, 5.41) is 14.5. The molecule has 2 rings (SSSR count). The second-order valence-electron chi connectivity index (χ2n) is 5.35. The standard InChI is InChI=1S/C20H19N3O3/c1-22-20(25)15-10-7-14(8-11-15)9-12-19(24)23-17(13-21)16-5-3-4-6-18(16)26-2/h3-12,17H,1-2H3,(H,22,25)(H,23,24)/b12-9-/t17-/m0/s1. The number of nitrogens with zero attached hydrogens (tertiary/aromatic N) is 1. The van der Waals surface area contributed by atoms with E-state index in [1.165, 1.54) is 13.2 Å². The fourth-order valence-electron chi connectivity index (χ4n) is 2.34. The Hall–Kier alpha value is -3.59. The van der Waals surface area contributed by atoms with Gasteiger partial charge in [-0.3, -0.25) is 9.59 Å². The fraction of sp³-hybridized carbons (Fsp3) is 0.150. The molecule has 0 radical (unpaired) electrons. The van der Waals surface area contributed by atoms with Crippen molar-refractivity contribution in [3.05, 3.63) is 71.3 Å². The Kier molecular flexibility index (Phi) is 6.52. The Morgan fingerprint density at radius 1 is 1.15 bits per heavy atom. The van der Waals surface area contributed by atoms with Gasteiger partial charge in [-0.25, -0.2) is 0 Å². The Morgan fingerprint density at radius 3 is 2.46 bits per heavy atom. The van der Waals surface area contributed by atoms with Gasteiger partial charge in [0.1, 0.15) is 11.8 Å². The van der Waals surface area contributed by atoms with Crippen molar-refractivity contribution in [2.75, 3.05) is 14.2 Å². The van der Waals surface area contributed by atoms with Crippen LogP contribution in [0.5, 0.6) is 5.75 Å². The Morgan fingerprint density at radius 2 is 1.85 bits per heavy atom. The van der Waals surface area contributed by atoms with E-state index in [-0.39, 0.29) is 5.91 Å². The van der Waals surface area contributed by atoms with E-state index < -0.39 is 11.9 Å². The van der Waals surface area contributed by atoms with Gasteiger partial charge in [-0.05, 0) is 29.8 Å². The van der Waals surface area contributed by atoms with Crippen LogP contribution < -0.4 is 15.4 Å². The second-order valence-corrected chi connectivity index (χ2v) is 5.35. The van der Waals surface area contributed by atoms with E-state index in [0.717, 1.165) is 5.56 Å². The molecule has 6 heteroatoms. The molecule has 0 spiro atoms. The van der Waals surface area contributed by atoms with Crippen molar-refractivity contribution in [3.8, 4) is 11.8 Å². The molecule has 0 aromatic heterocycles. The molecule has 2 aromatic carbocycles. The Balaban J connectivity index is 2.06. The highest BCUT2D eigenvalue weighted by molar-refractivity contribution is 5.95. The highest BCUT2D eigenvalue weighted by atomic mass is 16.5. The first-order chi connectivity index (χ1) is 12.6. The molecule has 132 valence electrons. The summed E-state index contributed by atoms with van der Waals surface area (Å²) >= 11 is 0. The first-order valence-corrected chi connectivity index (χ1v) is 7.92. The van der Waals surface area contributed by atoms with Crippen LogP contribution in [0, 0.1) is 11.3 Å². The molecule has 26 heavy (non-hydrogen) atoms. The quantitative estimate of drug-likeness (QED) is 0.784. The molecule has 2 aromatic rings. The molecule has 6 nitrogen and oxygen atoms in total. The van der Waals surface area contributed by atoms with Gasteiger partial charge in [0.05, 0.1) is 13.2 Å². The van der Waals surface area contributed by atoms with E-state index in [9.17, 15) is 14.9 Å². The number of carbonyl (C=O) groups excluding carboxylic acids is 2. The van der Waals surface area contributed by atoms with Gasteiger partial charge < -0.3 is 15.4 Å². The molecule has 1 atom stereocenters. The van der Waals surface area contributed by atoms with Gasteiger partial charge in [0, 0.05) is 24.3 Å². The number of benzene rings is 2. The largest absolute Gasteiger partial charge is 0.496 e. The predicted octanol–water partition coefficient (Wildman–Crippen LogP) is 2.45. The molecule has 2 N–H and O–H groups in total. The number of methoxy groups -OCH3 is 1. The molecular weight excluding hydrogens is 330 g/mol. The minimum Gasteiger partial charge on any atom is -0.496 e. The van der Waals surface area contributed by atoms with Crippen LogP contribution in [-0.4, -0.2) is 26.0 Å². The van der Waals surface area contributed by atoms with Crippen molar-refractivity contribution in [1.82, 2.24) is 10.6 Å². The molecule has 0 heterocycles. The van der Waals surface area contributed by atoms with Gasteiger partial charge in [0.15, 0.2) is 0 Å². The summed E-state index contributed by atoms with van der Waals surface area (Å²) in [6.07, 6.45) is 2.95. The maximum absolute atomic E-state index is 12.1. The summed E-state index contributed by atoms with van der Waals surface area (Å²) in [7, 11) is 3.07. The monoisotopic (exact) mass is 349 g/mol. The van der Waals surface area contributed by atoms with Gasteiger partial charge in [0.2, 0.25) is 5.91 Å². The predicted molar refractivity (Wildman–Crippen MR) is 98.4 cm³/mol. The molecule has 0 aliphatic carbocycles. The van der Waals surface area contributed by atoms with Gasteiger partial charge in [-0.2, -0.15) is 5.26 Å². The lowest BCUT2D eigenvalue weighted by Crippen LogP contribution is -2.26. The molecule has 0 aliphatic rings. The molecule has 0 unspecified atom stereocenters. The van der Waals surface area contributed by atoms with E-state index in [1.807, 2.05) is 0 Å². The van der Waals surface area contributed by atoms with E-state index >= 15 is 0 Å². The van der Waals surface area contributed by atoms with Crippen LogP contribution in [0.2, 0.25) is 0 Å². The maximum atomic E-state index is 12.1. The SMILES string of the molecule is CNC(=O)c1ccc(/C=C\C(=O)N[C@@H](C#N)c2ccccc2OC)cc1. The van der Waals surface area contributed by atoms with E-state index in [1.54, 1.807) is 61.7 Å². The van der Waals surface area contributed by atoms with Crippen molar-refractivity contribution < 1.29 is 14.3 Å². The van der Waals surface area contributed by atoms with Crippen LogP contribution >= 0.6 is 0 Å². The number of nitrogens with one attached hydrogen (secondary N) is 2. The zero-order chi connectivity index (χ0) is 18.9. The molecule has 0 bridgehead atoms. The lowest BCUT2D eigenvalue weighted by atomic mass is 10.1. The van der Waals surface area contributed by atoms with E-state index in [4.69, 9.17) is 4.74 Å². The smallest absolute Gasteiger partial charge is 0.251 e. The third-order valence-electron chi connectivity index (χ3n) is 3.69. The summed E-state index contributed by atoms with van der Waals surface area (Å²) in [6, 6.07) is 15.1. The molecule has 0 aliphatic heterocycles. The summed E-state index contributed by atoms with van der Waals surface area (Å²) in [4.78, 5) is 23.6. The zero-order valence-electron chi connectivity index (χ0n) is 14.5. The number of ether oxygens (including phenoxy) is 1. The summed E-state index contributed by atoms with van der Waals surface area (Å²) in [5.41, 5.74) is 1.89. The average Bonchev–Trinajstić information content (AvgIpc) is 2.70. The van der Waals surface area contributed by atoms with Crippen LogP contribution in [0.1, 0.15) is 27.5 Å². The minimum absolute atomic E-state index is 0.174. The molecule has 0 saturated heterocycles. The minimum atomic E-state index is -0.820. The molecule has 2 amide bonds. The zero-order valence-corrected chi connectivity index (χ0v) is 14.5. The number of hydrogen-bond acceptors (Lipinski definition) is 4. The van der Waals surface area contributed by atoms with Crippen molar-refractivity contribution in [1.29, 1.82) is 5.26 Å². The van der Waals surface area contributed by atoms with E-state index in [2.05, 4.69) is 16.7 Å². The normalized spacial score (nSPS) is 11.4. The molecular formula is C20H19N3O3. The topological polar surface area (TPSA) is 91.2 Å². The van der Waals surface area contributed by atoms with Crippen molar-refractivity contribution in [3.63, 3.8) is 0 Å². The number of nitriles is 1. The number of carbonyl (C=O) groups is 2. The van der Waals surface area contributed by atoms with Crippen LogP contribution in [0.4, 0.5) is 0 Å². The number of amides is 2. The first kappa shape index (κ1) is 18.7. The van der Waals surface area contributed by atoms with Gasteiger partial charge in [0.25, 0.3) is 5.91 Å². The number of rotatable bonds is 6. The Labute approximate surface area is 152 Å². The maximum Gasteiger partial charge on any atom is 0.251 e. The van der Waals surface area contributed by atoms with Crippen molar-refractivity contribution in [2.45, 2.75) is 6.04 Å². The molecule has 0 fully saturated rings. The summed E-state index contributed by atoms with van der Waals surface area (Å²) in [6.45, 7) is 0. The van der Waals surface area contributed by atoms with Gasteiger partial charge >= 0.3 is 0 Å². The van der Waals surface area contributed by atoms with E-state index in [0.29, 0.717) is 16.9 Å². The highest BCUT2D eigenvalue weighted by Crippen LogP contribution is 2.24. The van der Waals surface area contributed by atoms with Crippen LogP contribution in [0.15, 0.2) is 54.6 Å². The van der Waals surface area contributed by atoms with Crippen molar-refractivity contribution in [2.24, 2.45) is 0 Å². The fourth-order valence-corrected chi connectivity index (χ4v) is 2.34. The number of hydrogen-bond donors (Lipinski definition) is 2. The average molecular weight is 349 g/mol. The highest BCUT2D eigenvalue weighted by Gasteiger charge is 2.16. The van der Waals surface area contributed by atoms with Gasteiger partial charge in [-0.15, -0.1) is 0 Å². The number of para-hydroxylation sites is 1. The third-order valence-corrected chi connectivity index (χ3v) is 3.69.